The van der Waals surface area contributed by atoms with E-state index in [-0.39, 0.29) is 6.67 Å². The van der Waals surface area contributed by atoms with Gasteiger partial charge in [-0.2, -0.15) is 13.2 Å². The molecule has 2 fully saturated rings. The molecule has 1 aliphatic carbocycles. The van der Waals surface area contributed by atoms with Crippen molar-refractivity contribution in [2.75, 3.05) is 32.0 Å². The molecule has 0 bridgehead atoms. The number of nitrogens with two attached hydrogens (primary N) is 1. The number of hydrogen-bond acceptors (Lipinski definition) is 4. The van der Waals surface area contributed by atoms with Gasteiger partial charge in [0.25, 0.3) is 0 Å². The molecule has 0 radical (unpaired) electrons. The molecule has 28 heavy (non-hydrogen) atoms. The molecule has 3 heterocycles. The molecule has 152 valence electrons. The first-order valence-corrected chi connectivity index (χ1v) is 9.52. The average Bonchev–Trinajstić information content (AvgIpc) is 2.96. The lowest BCUT2D eigenvalue weighted by molar-refractivity contribution is -0.137. The van der Waals surface area contributed by atoms with Gasteiger partial charge in [-0.3, -0.25) is 0 Å². The third kappa shape index (κ3) is 3.36. The molecule has 0 spiro atoms. The number of fused-ring (bicyclic) bond motifs is 1. The molecular formula is C19H23F4N5. The van der Waals surface area contributed by atoms with Crippen LogP contribution in [-0.2, 0) is 12.6 Å². The quantitative estimate of drug-likeness (QED) is 0.757. The van der Waals surface area contributed by atoms with Gasteiger partial charge in [0.05, 0.1) is 11.3 Å². The van der Waals surface area contributed by atoms with Gasteiger partial charge in [-0.1, -0.05) is 6.92 Å². The van der Waals surface area contributed by atoms with E-state index in [2.05, 4.69) is 19.4 Å². The largest absolute Gasteiger partial charge is 0.419 e. The molecule has 1 unspecified atom stereocenters. The zero-order valence-electron chi connectivity index (χ0n) is 15.6. The number of aromatic nitrogens is 3. The summed E-state index contributed by atoms with van der Waals surface area (Å²) < 4.78 is 54.2. The molecule has 1 saturated carbocycles. The molecule has 2 aromatic heterocycles. The van der Waals surface area contributed by atoms with E-state index >= 15 is 0 Å². The van der Waals surface area contributed by atoms with Gasteiger partial charge in [-0.15, -0.1) is 0 Å². The van der Waals surface area contributed by atoms with Crippen LogP contribution < -0.4 is 5.73 Å². The summed E-state index contributed by atoms with van der Waals surface area (Å²) in [6, 6.07) is 1.31. The highest BCUT2D eigenvalue weighted by atomic mass is 19.4. The fraction of sp³-hybridized carbons (Fsp3) is 0.579. The maximum absolute atomic E-state index is 13.2. The molecule has 0 amide bonds. The van der Waals surface area contributed by atoms with E-state index in [9.17, 15) is 17.6 Å². The van der Waals surface area contributed by atoms with E-state index < -0.39 is 17.6 Å². The minimum atomic E-state index is -4.56. The zero-order chi connectivity index (χ0) is 20.1. The van der Waals surface area contributed by atoms with Gasteiger partial charge < -0.3 is 15.2 Å². The number of anilines is 1. The van der Waals surface area contributed by atoms with Crippen molar-refractivity contribution < 1.29 is 17.6 Å². The lowest BCUT2D eigenvalue weighted by Gasteiger charge is -2.18. The molecule has 2 N–H and O–H groups in total. The molecule has 5 nitrogen and oxygen atoms in total. The van der Waals surface area contributed by atoms with Crippen LogP contribution in [0.15, 0.2) is 18.5 Å². The number of pyridine rings is 1. The van der Waals surface area contributed by atoms with E-state index in [0.717, 1.165) is 37.8 Å². The summed E-state index contributed by atoms with van der Waals surface area (Å²) in [4.78, 5) is 10.5. The fourth-order valence-corrected chi connectivity index (χ4v) is 4.38. The molecule has 2 aromatic rings. The van der Waals surface area contributed by atoms with Crippen molar-refractivity contribution in [1.82, 2.24) is 19.4 Å². The van der Waals surface area contributed by atoms with Crippen molar-refractivity contribution in [2.45, 2.75) is 32.0 Å². The van der Waals surface area contributed by atoms with Crippen LogP contribution in [-0.4, -0.2) is 45.7 Å². The Hall–Kier alpha value is -2.16. The molecule has 9 heteroatoms. The van der Waals surface area contributed by atoms with Gasteiger partial charge in [0.2, 0.25) is 0 Å². The molecule has 1 aliphatic heterocycles. The molecule has 3 atom stereocenters. The highest BCUT2D eigenvalue weighted by molar-refractivity contribution is 5.62. The summed E-state index contributed by atoms with van der Waals surface area (Å²) in [6.45, 7) is 3.89. The maximum Gasteiger partial charge on any atom is 0.419 e. The van der Waals surface area contributed by atoms with Crippen LogP contribution in [0, 0.1) is 11.8 Å². The normalized spacial score (nSPS) is 24.5. The Kier molecular flexibility index (Phi) is 4.81. The summed E-state index contributed by atoms with van der Waals surface area (Å²) in [5.74, 6) is 1.26. The molecule has 2 aliphatic rings. The number of rotatable bonds is 6. The van der Waals surface area contributed by atoms with Crippen molar-refractivity contribution >= 4 is 5.82 Å². The lowest BCUT2D eigenvalue weighted by atomic mass is 10.1. The third-order valence-corrected chi connectivity index (χ3v) is 5.75. The Balaban J connectivity index is 1.62. The standard InChI is InChI=1S/C19H23F4N5/c1-2-3-16-26-15(11-6-14(19(21,22)23)18(24)25-7-11)10-28(16)17-12-8-27(5-4-20)9-13(12)17/h6-7,10,12-13,17H,2-5,8-9H2,1H3,(H2,24,25)/t12-,13+,17?. The van der Waals surface area contributed by atoms with Crippen LogP contribution in [0.4, 0.5) is 23.4 Å². The number of halogens is 4. The molecule has 0 aromatic carbocycles. The lowest BCUT2D eigenvalue weighted by Crippen LogP contribution is -2.27. The Labute approximate surface area is 160 Å². The summed E-state index contributed by atoms with van der Waals surface area (Å²) in [5, 5.41) is 0. The van der Waals surface area contributed by atoms with Crippen molar-refractivity contribution in [3.05, 3.63) is 29.8 Å². The van der Waals surface area contributed by atoms with Crippen LogP contribution in [0.25, 0.3) is 11.3 Å². The Morgan fingerprint density at radius 1 is 1.25 bits per heavy atom. The summed E-state index contributed by atoms with van der Waals surface area (Å²) in [7, 11) is 0. The van der Waals surface area contributed by atoms with E-state index in [0.29, 0.717) is 35.7 Å². The van der Waals surface area contributed by atoms with Gasteiger partial charge in [-0.05, 0) is 24.3 Å². The van der Waals surface area contributed by atoms with Crippen LogP contribution in [0.3, 0.4) is 0 Å². The van der Waals surface area contributed by atoms with E-state index in [4.69, 9.17) is 5.73 Å². The smallest absolute Gasteiger partial charge is 0.383 e. The second kappa shape index (κ2) is 7.02. The highest BCUT2D eigenvalue weighted by Gasteiger charge is 2.57. The summed E-state index contributed by atoms with van der Waals surface area (Å²) in [6.07, 6.45) is 0.249. The predicted octanol–water partition coefficient (Wildman–Crippen LogP) is 3.57. The first-order chi connectivity index (χ1) is 13.3. The monoisotopic (exact) mass is 397 g/mol. The molecular weight excluding hydrogens is 374 g/mol. The molecule has 1 saturated heterocycles. The van der Waals surface area contributed by atoms with Crippen molar-refractivity contribution in [3.8, 4) is 11.3 Å². The maximum atomic E-state index is 13.2. The first kappa shape index (κ1) is 19.2. The number of nitrogen functional groups attached to an aromatic ring is 1. The van der Waals surface area contributed by atoms with Crippen LogP contribution in [0.5, 0.6) is 0 Å². The van der Waals surface area contributed by atoms with E-state index in [1.807, 2.05) is 13.1 Å². The number of imidazole rings is 1. The Bertz CT molecular complexity index is 850. The summed E-state index contributed by atoms with van der Waals surface area (Å²) in [5.41, 5.74) is 5.25. The zero-order valence-corrected chi connectivity index (χ0v) is 15.6. The van der Waals surface area contributed by atoms with Gasteiger partial charge in [-0.25, -0.2) is 14.4 Å². The summed E-state index contributed by atoms with van der Waals surface area (Å²) >= 11 is 0. The van der Waals surface area contributed by atoms with E-state index in [1.165, 1.54) is 6.20 Å². The molecule has 4 rings (SSSR count). The second-order valence-electron chi connectivity index (χ2n) is 7.62. The minimum Gasteiger partial charge on any atom is -0.383 e. The Morgan fingerprint density at radius 3 is 2.57 bits per heavy atom. The Morgan fingerprint density at radius 2 is 1.96 bits per heavy atom. The number of alkyl halides is 4. The minimum absolute atomic E-state index is 0.294. The van der Waals surface area contributed by atoms with E-state index in [1.54, 1.807) is 0 Å². The number of likely N-dealkylation sites (tertiary alicyclic amines) is 1. The SMILES string of the molecule is CCCc1nc(-c2cnc(N)c(C(F)(F)F)c2)cn1C1[C@H]2CN(CCF)C[C@@H]12. The predicted molar refractivity (Wildman–Crippen MR) is 97.3 cm³/mol. The van der Waals surface area contributed by atoms with Gasteiger partial charge in [0.1, 0.15) is 18.3 Å². The highest BCUT2D eigenvalue weighted by Crippen LogP contribution is 2.55. The first-order valence-electron chi connectivity index (χ1n) is 9.52. The number of nitrogens with zero attached hydrogens (tertiary/aromatic N) is 4. The van der Waals surface area contributed by atoms with Crippen LogP contribution in [0.1, 0.15) is 30.8 Å². The van der Waals surface area contributed by atoms with Gasteiger partial charge in [0, 0.05) is 50.1 Å². The fourth-order valence-electron chi connectivity index (χ4n) is 4.38. The number of aryl methyl sites for hydroxylation is 1. The van der Waals surface area contributed by atoms with Crippen LogP contribution >= 0.6 is 0 Å². The van der Waals surface area contributed by atoms with Crippen LogP contribution in [0.2, 0.25) is 0 Å². The average molecular weight is 397 g/mol. The third-order valence-electron chi connectivity index (χ3n) is 5.75. The van der Waals surface area contributed by atoms with Gasteiger partial charge >= 0.3 is 6.18 Å². The second-order valence-corrected chi connectivity index (χ2v) is 7.62. The van der Waals surface area contributed by atoms with Crippen molar-refractivity contribution in [3.63, 3.8) is 0 Å². The van der Waals surface area contributed by atoms with Crippen molar-refractivity contribution in [2.24, 2.45) is 11.8 Å². The van der Waals surface area contributed by atoms with Crippen molar-refractivity contribution in [1.29, 1.82) is 0 Å². The number of piperidine rings is 1. The number of hydrogen-bond donors (Lipinski definition) is 1. The topological polar surface area (TPSA) is 60.0 Å². The van der Waals surface area contributed by atoms with Gasteiger partial charge in [0.15, 0.2) is 0 Å².